The molecule has 0 amide bonds. The summed E-state index contributed by atoms with van der Waals surface area (Å²) in [5, 5.41) is 68.6. The Kier molecular flexibility index (Phi) is 5.40. The van der Waals surface area contributed by atoms with Crippen molar-refractivity contribution < 1.29 is 45.3 Å². The molecule has 0 saturated carbocycles. The molecule has 2 rings (SSSR count). The van der Waals surface area contributed by atoms with Crippen molar-refractivity contribution >= 4 is 11.6 Å². The number of aromatic nitrogens is 1. The number of nitrogens with zero attached hydrogens (tertiary/aromatic N) is 1. The minimum atomic E-state index is -2.29. The van der Waals surface area contributed by atoms with Crippen molar-refractivity contribution in [3.63, 3.8) is 0 Å². The van der Waals surface area contributed by atoms with Crippen molar-refractivity contribution in [1.29, 1.82) is 0 Å². The van der Waals surface area contributed by atoms with E-state index in [0.29, 0.717) is 0 Å². The summed E-state index contributed by atoms with van der Waals surface area (Å²) in [6.07, 6.45) is -14.8. The molecule has 0 fully saturated rings. The summed E-state index contributed by atoms with van der Waals surface area (Å²) < 4.78 is 0. The molecule has 0 bridgehead atoms. The molecule has 1 aromatic rings. The van der Waals surface area contributed by atoms with Gasteiger partial charge in [-0.2, -0.15) is 0 Å². The molecule has 10 heteroatoms. The highest BCUT2D eigenvalue weighted by atomic mass is 16.4. The lowest BCUT2D eigenvalue weighted by molar-refractivity contribution is -0.158. The van der Waals surface area contributed by atoms with Gasteiger partial charge in [0.05, 0.1) is 5.56 Å². The van der Waals surface area contributed by atoms with Crippen LogP contribution in [-0.2, 0) is 0 Å². The van der Waals surface area contributed by atoms with Gasteiger partial charge >= 0.3 is 0 Å². The summed E-state index contributed by atoms with van der Waals surface area (Å²) in [7, 11) is 0. The summed E-state index contributed by atoms with van der Waals surface area (Å²) >= 11 is 0. The van der Waals surface area contributed by atoms with Gasteiger partial charge < -0.3 is 35.7 Å². The number of aliphatic hydroxyl groups excluding tert-OH is 7. The van der Waals surface area contributed by atoms with Crippen LogP contribution in [0.25, 0.3) is 0 Å². The SMILES string of the molecule is O=C1c2[c]ccnc2C(=O)C(O)C(O)C(O)C(O)C(O)C(O)C1O. The summed E-state index contributed by atoms with van der Waals surface area (Å²) in [6.45, 7) is 0. The molecule has 0 aliphatic heterocycles. The summed E-state index contributed by atoms with van der Waals surface area (Å²) in [5.41, 5.74) is -1.24. The van der Waals surface area contributed by atoms with Crippen LogP contribution >= 0.6 is 0 Å². The van der Waals surface area contributed by atoms with Gasteiger partial charge in [0.25, 0.3) is 0 Å². The van der Waals surface area contributed by atoms with E-state index in [9.17, 15) is 45.3 Å². The third-order valence-electron chi connectivity index (χ3n) is 3.81. The number of aliphatic hydroxyl groups is 7. The van der Waals surface area contributed by atoms with E-state index in [1.807, 2.05) is 0 Å². The van der Waals surface area contributed by atoms with E-state index in [1.165, 1.54) is 0 Å². The predicted octanol–water partition coefficient (Wildman–Crippen LogP) is -4.21. The van der Waals surface area contributed by atoms with Gasteiger partial charge in [-0.1, -0.05) is 0 Å². The highest BCUT2D eigenvalue weighted by molar-refractivity contribution is 6.10. The molecule has 0 spiro atoms. The van der Waals surface area contributed by atoms with Crippen molar-refractivity contribution in [3.05, 3.63) is 29.6 Å². The Labute approximate surface area is 135 Å². The van der Waals surface area contributed by atoms with E-state index in [2.05, 4.69) is 11.1 Å². The Bertz CT molecular complexity index is 583. The summed E-state index contributed by atoms with van der Waals surface area (Å²) in [4.78, 5) is 28.0. The smallest absolute Gasteiger partial charge is 0.213 e. The van der Waals surface area contributed by atoms with Crippen LogP contribution in [0.1, 0.15) is 20.8 Å². The summed E-state index contributed by atoms with van der Waals surface area (Å²) in [5.74, 6) is -2.52. The van der Waals surface area contributed by atoms with Crippen LogP contribution in [-0.4, -0.2) is 95.0 Å². The van der Waals surface area contributed by atoms with Crippen LogP contribution in [0.2, 0.25) is 0 Å². The molecule has 7 N–H and O–H groups in total. The second-order valence-electron chi connectivity index (χ2n) is 5.38. The molecule has 0 saturated heterocycles. The van der Waals surface area contributed by atoms with Gasteiger partial charge in [-0.3, -0.25) is 14.6 Å². The van der Waals surface area contributed by atoms with Crippen molar-refractivity contribution in [3.8, 4) is 0 Å². The molecule has 1 aliphatic rings. The van der Waals surface area contributed by atoms with Gasteiger partial charge in [0.2, 0.25) is 5.78 Å². The Morgan fingerprint density at radius 3 is 1.75 bits per heavy atom. The number of carbonyl (C=O) groups excluding carboxylic acids is 2. The minimum Gasteiger partial charge on any atom is -0.387 e. The number of fused-ring (bicyclic) bond motifs is 1. The molecule has 7 atom stereocenters. The van der Waals surface area contributed by atoms with Crippen LogP contribution < -0.4 is 0 Å². The molecular formula is C14H16NO9. The maximum atomic E-state index is 12.2. The third-order valence-corrected chi connectivity index (χ3v) is 3.81. The Morgan fingerprint density at radius 1 is 0.750 bits per heavy atom. The first kappa shape index (κ1) is 18.5. The normalized spacial score (nSPS) is 38.4. The minimum absolute atomic E-state index is 0.585. The average molecular weight is 342 g/mol. The molecule has 1 aromatic heterocycles. The van der Waals surface area contributed by atoms with Crippen LogP contribution in [0.4, 0.5) is 0 Å². The average Bonchev–Trinajstić information content (AvgIpc) is 2.61. The van der Waals surface area contributed by atoms with Crippen LogP contribution in [0.5, 0.6) is 0 Å². The van der Waals surface area contributed by atoms with Crippen molar-refractivity contribution in [1.82, 2.24) is 4.98 Å². The molecule has 0 aromatic carbocycles. The number of Topliss-reactive ketones (excluding diaryl/α,β-unsaturated/α-hetero) is 2. The van der Waals surface area contributed by atoms with E-state index in [4.69, 9.17) is 0 Å². The van der Waals surface area contributed by atoms with Crippen molar-refractivity contribution in [2.45, 2.75) is 42.7 Å². The van der Waals surface area contributed by atoms with E-state index in [0.717, 1.165) is 12.3 Å². The second-order valence-corrected chi connectivity index (χ2v) is 5.38. The zero-order chi connectivity index (χ0) is 18.2. The number of rotatable bonds is 0. The van der Waals surface area contributed by atoms with E-state index < -0.39 is 65.6 Å². The molecule has 131 valence electrons. The molecule has 1 radical (unpaired) electrons. The Hall–Kier alpha value is -1.79. The van der Waals surface area contributed by atoms with Gasteiger partial charge in [0.15, 0.2) is 5.78 Å². The number of hydrogen-bond donors (Lipinski definition) is 7. The maximum absolute atomic E-state index is 12.2. The fourth-order valence-corrected chi connectivity index (χ4v) is 2.32. The quantitative estimate of drug-likeness (QED) is 0.243. The second kappa shape index (κ2) is 6.99. The maximum Gasteiger partial charge on any atom is 0.213 e. The topological polar surface area (TPSA) is 189 Å². The number of carbonyl (C=O) groups is 2. The van der Waals surface area contributed by atoms with E-state index in [1.54, 1.807) is 0 Å². The van der Waals surface area contributed by atoms with Gasteiger partial charge in [-0.25, -0.2) is 0 Å². The van der Waals surface area contributed by atoms with E-state index in [-0.39, 0.29) is 0 Å². The Balaban J connectivity index is 2.60. The Morgan fingerprint density at radius 2 is 1.21 bits per heavy atom. The molecule has 24 heavy (non-hydrogen) atoms. The lowest BCUT2D eigenvalue weighted by Gasteiger charge is -2.30. The highest BCUT2D eigenvalue weighted by Crippen LogP contribution is 2.20. The first-order valence-electron chi connectivity index (χ1n) is 6.90. The van der Waals surface area contributed by atoms with E-state index >= 15 is 0 Å². The standard InChI is InChI=1S/C14H16NO9/c16-6-4-2-1-3-15-5(4)7(17)9(19)11(21)13(23)14(24)12(22)10(20)8(6)18/h1,3,8-14,18-24H. The van der Waals surface area contributed by atoms with Crippen LogP contribution in [0.15, 0.2) is 12.3 Å². The van der Waals surface area contributed by atoms with Gasteiger partial charge in [0, 0.05) is 6.20 Å². The van der Waals surface area contributed by atoms with Crippen LogP contribution in [0.3, 0.4) is 0 Å². The van der Waals surface area contributed by atoms with Gasteiger partial charge in [-0.15, -0.1) is 0 Å². The molecule has 7 unspecified atom stereocenters. The predicted molar refractivity (Wildman–Crippen MR) is 73.8 cm³/mol. The zero-order valence-electron chi connectivity index (χ0n) is 12.1. The first-order chi connectivity index (χ1) is 11.2. The fourth-order valence-electron chi connectivity index (χ4n) is 2.32. The number of hydrogen-bond acceptors (Lipinski definition) is 10. The van der Waals surface area contributed by atoms with Crippen molar-refractivity contribution in [2.24, 2.45) is 0 Å². The first-order valence-corrected chi connectivity index (χ1v) is 6.90. The largest absolute Gasteiger partial charge is 0.387 e. The third kappa shape index (κ3) is 3.08. The lowest BCUT2D eigenvalue weighted by atomic mass is 9.93. The van der Waals surface area contributed by atoms with Gasteiger partial charge in [0.1, 0.15) is 48.4 Å². The number of pyridine rings is 1. The summed E-state index contributed by atoms with van der Waals surface area (Å²) in [6, 6.07) is 3.46. The zero-order valence-corrected chi connectivity index (χ0v) is 12.1. The van der Waals surface area contributed by atoms with Gasteiger partial charge in [-0.05, 0) is 12.1 Å². The molecular weight excluding hydrogens is 326 g/mol. The monoisotopic (exact) mass is 342 g/mol. The fraction of sp³-hybridized carbons (Fsp3) is 0.500. The number of ketones is 2. The molecule has 10 nitrogen and oxygen atoms in total. The van der Waals surface area contributed by atoms with Crippen molar-refractivity contribution in [2.75, 3.05) is 0 Å². The highest BCUT2D eigenvalue weighted by Gasteiger charge is 2.44. The lowest BCUT2D eigenvalue weighted by Crippen LogP contribution is -2.55. The van der Waals surface area contributed by atoms with Crippen LogP contribution in [0, 0.1) is 6.07 Å². The molecule has 1 heterocycles. The molecule has 1 aliphatic carbocycles.